The molecule has 1 unspecified atom stereocenters. The summed E-state index contributed by atoms with van der Waals surface area (Å²) in [5.41, 5.74) is 0.677. The zero-order chi connectivity index (χ0) is 13.2. The average Bonchev–Trinajstić information content (AvgIpc) is 2.90. The van der Waals surface area contributed by atoms with Gasteiger partial charge in [-0.3, -0.25) is 10.1 Å². The fourth-order valence-corrected chi connectivity index (χ4v) is 1.83. The highest BCUT2D eigenvalue weighted by Crippen LogP contribution is 2.19. The monoisotopic (exact) mass is 262 g/mol. The van der Waals surface area contributed by atoms with Gasteiger partial charge in [-0.05, 0) is 24.3 Å². The summed E-state index contributed by atoms with van der Waals surface area (Å²) in [6.45, 7) is 0.628. The Morgan fingerprint density at radius 3 is 2.79 bits per heavy atom. The number of nitrogens with zero attached hydrogens (tertiary/aromatic N) is 2. The number of hydrogen-bond donors (Lipinski definition) is 2. The van der Waals surface area contributed by atoms with Gasteiger partial charge < -0.3 is 9.84 Å². The quantitative estimate of drug-likeness (QED) is 0.830. The Kier molecular flexibility index (Phi) is 2.96. The van der Waals surface area contributed by atoms with Gasteiger partial charge in [-0.2, -0.15) is 4.98 Å². The zero-order valence-electron chi connectivity index (χ0n) is 9.89. The third-order valence-corrected chi connectivity index (χ3v) is 2.85. The maximum absolute atomic E-state index is 12.8. The first kappa shape index (κ1) is 11.8. The maximum Gasteiger partial charge on any atom is 0.245 e. The van der Waals surface area contributed by atoms with Crippen molar-refractivity contribution in [3.63, 3.8) is 0 Å². The molecule has 19 heavy (non-hydrogen) atoms. The first-order valence-corrected chi connectivity index (χ1v) is 5.82. The molecule has 0 spiro atoms. The van der Waals surface area contributed by atoms with E-state index in [1.54, 1.807) is 12.1 Å². The summed E-state index contributed by atoms with van der Waals surface area (Å²) in [5, 5.41) is 9.55. The molecule has 1 aliphatic rings. The fourth-order valence-electron chi connectivity index (χ4n) is 1.83. The SMILES string of the molecule is O=C1CNC(c2nc(-c3ccc(F)cc3)no2)CN1. The number of halogens is 1. The van der Waals surface area contributed by atoms with Gasteiger partial charge in [0.2, 0.25) is 17.6 Å². The molecule has 1 saturated heterocycles. The van der Waals surface area contributed by atoms with Gasteiger partial charge in [-0.25, -0.2) is 4.39 Å². The summed E-state index contributed by atoms with van der Waals surface area (Å²) in [4.78, 5) is 15.3. The Balaban J connectivity index is 1.79. The molecule has 1 aromatic heterocycles. The van der Waals surface area contributed by atoms with E-state index in [1.807, 2.05) is 0 Å². The zero-order valence-corrected chi connectivity index (χ0v) is 9.89. The van der Waals surface area contributed by atoms with Crippen molar-refractivity contribution < 1.29 is 13.7 Å². The fraction of sp³-hybridized carbons (Fsp3) is 0.250. The Morgan fingerprint density at radius 1 is 1.32 bits per heavy atom. The number of carbonyl (C=O) groups is 1. The molecule has 2 heterocycles. The minimum atomic E-state index is -0.316. The van der Waals surface area contributed by atoms with Gasteiger partial charge >= 0.3 is 0 Å². The Labute approximate surface area is 108 Å². The second kappa shape index (κ2) is 4.77. The lowest BCUT2D eigenvalue weighted by molar-refractivity contribution is -0.121. The topological polar surface area (TPSA) is 80.1 Å². The second-order valence-electron chi connectivity index (χ2n) is 4.20. The Hall–Kier alpha value is -2.28. The number of amides is 1. The minimum absolute atomic E-state index is 0.0606. The summed E-state index contributed by atoms with van der Waals surface area (Å²) in [6.07, 6.45) is 0. The molecule has 2 N–H and O–H groups in total. The highest BCUT2D eigenvalue weighted by molar-refractivity contribution is 5.78. The van der Waals surface area contributed by atoms with Crippen LogP contribution in [-0.2, 0) is 4.79 Å². The predicted octanol–water partition coefficient (Wildman–Crippen LogP) is 0.636. The molecule has 1 atom stereocenters. The van der Waals surface area contributed by atoms with Crippen LogP contribution in [0.3, 0.4) is 0 Å². The van der Waals surface area contributed by atoms with Gasteiger partial charge in [-0.15, -0.1) is 0 Å². The number of nitrogens with one attached hydrogen (secondary N) is 2. The van der Waals surface area contributed by atoms with Crippen LogP contribution in [0.25, 0.3) is 11.4 Å². The van der Waals surface area contributed by atoms with Crippen LogP contribution >= 0.6 is 0 Å². The lowest BCUT2D eigenvalue weighted by atomic mass is 10.2. The van der Waals surface area contributed by atoms with Crippen LogP contribution in [0.4, 0.5) is 4.39 Å². The first-order valence-electron chi connectivity index (χ1n) is 5.82. The number of piperazine rings is 1. The summed E-state index contributed by atoms with van der Waals surface area (Å²) < 4.78 is 18.0. The van der Waals surface area contributed by atoms with E-state index in [1.165, 1.54) is 12.1 Å². The number of rotatable bonds is 2. The molecular formula is C12H11FN4O2. The van der Waals surface area contributed by atoms with Gasteiger partial charge in [0, 0.05) is 12.1 Å². The van der Waals surface area contributed by atoms with Gasteiger partial charge in [0.15, 0.2) is 0 Å². The van der Waals surface area contributed by atoms with Crippen LogP contribution in [-0.4, -0.2) is 29.1 Å². The lowest BCUT2D eigenvalue weighted by Gasteiger charge is -2.20. The van der Waals surface area contributed by atoms with Crippen molar-refractivity contribution in [2.45, 2.75) is 6.04 Å². The number of carbonyl (C=O) groups excluding carboxylic acids is 1. The second-order valence-corrected chi connectivity index (χ2v) is 4.20. The van der Waals surface area contributed by atoms with Crippen molar-refractivity contribution in [3.05, 3.63) is 36.0 Å². The molecule has 98 valence electrons. The van der Waals surface area contributed by atoms with Crippen molar-refractivity contribution >= 4 is 5.91 Å². The summed E-state index contributed by atoms with van der Waals surface area (Å²) in [7, 11) is 0. The van der Waals surface area contributed by atoms with E-state index in [4.69, 9.17) is 4.52 Å². The molecule has 0 aliphatic carbocycles. The molecule has 0 radical (unpaired) electrons. The molecule has 1 amide bonds. The van der Waals surface area contributed by atoms with Gasteiger partial charge in [-0.1, -0.05) is 5.16 Å². The third-order valence-electron chi connectivity index (χ3n) is 2.85. The van der Waals surface area contributed by atoms with E-state index in [2.05, 4.69) is 20.8 Å². The molecule has 1 aromatic carbocycles. The van der Waals surface area contributed by atoms with E-state index >= 15 is 0 Å². The van der Waals surface area contributed by atoms with Crippen LogP contribution in [0.1, 0.15) is 11.9 Å². The van der Waals surface area contributed by atoms with Crippen LogP contribution in [0.5, 0.6) is 0 Å². The van der Waals surface area contributed by atoms with E-state index < -0.39 is 0 Å². The number of aromatic nitrogens is 2. The van der Waals surface area contributed by atoms with Crippen LogP contribution in [0, 0.1) is 5.82 Å². The van der Waals surface area contributed by atoms with E-state index in [9.17, 15) is 9.18 Å². The molecular weight excluding hydrogens is 251 g/mol. The van der Waals surface area contributed by atoms with Crippen LogP contribution < -0.4 is 10.6 Å². The highest BCUT2D eigenvalue weighted by atomic mass is 19.1. The summed E-state index contributed by atoms with van der Waals surface area (Å²) >= 11 is 0. The van der Waals surface area contributed by atoms with Crippen molar-refractivity contribution in [2.24, 2.45) is 0 Å². The van der Waals surface area contributed by atoms with Crippen molar-refractivity contribution in [3.8, 4) is 11.4 Å². The highest BCUT2D eigenvalue weighted by Gasteiger charge is 2.24. The minimum Gasteiger partial charge on any atom is -0.353 e. The van der Waals surface area contributed by atoms with Crippen molar-refractivity contribution in [1.29, 1.82) is 0 Å². The Morgan fingerprint density at radius 2 is 2.11 bits per heavy atom. The van der Waals surface area contributed by atoms with E-state index in [0.717, 1.165) is 0 Å². The molecule has 0 bridgehead atoms. The van der Waals surface area contributed by atoms with Gasteiger partial charge in [0.05, 0.1) is 6.54 Å². The molecule has 2 aromatic rings. The summed E-state index contributed by atoms with van der Waals surface area (Å²) in [5.74, 6) is 0.423. The van der Waals surface area contributed by atoms with Crippen LogP contribution in [0.15, 0.2) is 28.8 Å². The molecule has 6 nitrogen and oxygen atoms in total. The number of benzene rings is 1. The van der Waals surface area contributed by atoms with Crippen LogP contribution in [0.2, 0.25) is 0 Å². The van der Waals surface area contributed by atoms with E-state index in [0.29, 0.717) is 23.8 Å². The summed E-state index contributed by atoms with van der Waals surface area (Å²) in [6, 6.07) is 5.65. The van der Waals surface area contributed by atoms with Gasteiger partial charge in [0.25, 0.3) is 0 Å². The molecule has 7 heteroatoms. The van der Waals surface area contributed by atoms with Crippen molar-refractivity contribution in [2.75, 3.05) is 13.1 Å². The lowest BCUT2D eigenvalue weighted by Crippen LogP contribution is -2.47. The normalized spacial score (nSPS) is 19.2. The largest absolute Gasteiger partial charge is 0.353 e. The first-order chi connectivity index (χ1) is 9.22. The molecule has 1 fully saturated rings. The predicted molar refractivity (Wildman–Crippen MR) is 63.4 cm³/mol. The number of hydrogen-bond acceptors (Lipinski definition) is 5. The van der Waals surface area contributed by atoms with Gasteiger partial charge in [0.1, 0.15) is 11.9 Å². The third kappa shape index (κ3) is 2.45. The molecule has 1 aliphatic heterocycles. The molecule has 3 rings (SSSR count). The standard InChI is InChI=1S/C12H11FN4O2/c13-8-3-1-7(2-4-8)11-16-12(19-17-11)9-5-15-10(18)6-14-9/h1-4,9,14H,5-6H2,(H,15,18). The van der Waals surface area contributed by atoms with Crippen molar-refractivity contribution in [1.82, 2.24) is 20.8 Å². The molecule has 0 saturated carbocycles. The Bertz CT molecular complexity index is 586. The maximum atomic E-state index is 12.8. The smallest absolute Gasteiger partial charge is 0.245 e. The average molecular weight is 262 g/mol. The van der Waals surface area contributed by atoms with E-state index in [-0.39, 0.29) is 24.3 Å².